The van der Waals surface area contributed by atoms with Crippen molar-refractivity contribution in [2.75, 3.05) is 64.9 Å². The molecule has 37 heavy (non-hydrogen) atoms. The van der Waals surface area contributed by atoms with Crippen molar-refractivity contribution in [3.8, 4) is 11.8 Å². The van der Waals surface area contributed by atoms with Gasteiger partial charge in [-0.25, -0.2) is 13.4 Å². The number of sulfonamides is 1. The number of methoxy groups -OCH3 is 1. The largest absolute Gasteiger partial charge is 0.497 e. The summed E-state index contributed by atoms with van der Waals surface area (Å²) in [6, 6.07) is 5.67. The van der Waals surface area contributed by atoms with Gasteiger partial charge in [-0.1, -0.05) is 0 Å². The molecule has 204 valence electrons. The second-order valence-electron chi connectivity index (χ2n) is 10.2. The molecule has 2 saturated heterocycles. The summed E-state index contributed by atoms with van der Waals surface area (Å²) in [6.45, 7) is 9.65. The molecule has 9 nitrogen and oxygen atoms in total. The molecule has 0 spiro atoms. The number of nitrogens with zero attached hydrogens (tertiary/aromatic N) is 5. The first-order valence-corrected chi connectivity index (χ1v) is 14.8. The van der Waals surface area contributed by atoms with Gasteiger partial charge < -0.3 is 19.3 Å². The minimum Gasteiger partial charge on any atom is -0.497 e. The lowest BCUT2D eigenvalue weighted by atomic mass is 9.93. The predicted molar refractivity (Wildman–Crippen MR) is 145 cm³/mol. The zero-order valence-electron chi connectivity index (χ0n) is 22.6. The van der Waals surface area contributed by atoms with Gasteiger partial charge >= 0.3 is 6.01 Å². The van der Waals surface area contributed by atoms with E-state index >= 15 is 0 Å². The first kappa shape index (κ1) is 27.6. The summed E-state index contributed by atoms with van der Waals surface area (Å²) >= 11 is 0. The van der Waals surface area contributed by atoms with E-state index in [1.165, 1.54) is 56.0 Å². The van der Waals surface area contributed by atoms with Crippen LogP contribution < -0.4 is 14.4 Å². The molecule has 0 atom stereocenters. The number of aryl methyl sites for hydroxylation is 2. The highest BCUT2D eigenvalue weighted by molar-refractivity contribution is 7.89. The maximum atomic E-state index is 13.2. The monoisotopic (exact) mass is 531 g/mol. The van der Waals surface area contributed by atoms with Gasteiger partial charge in [0.05, 0.1) is 12.0 Å². The number of rotatable bonds is 11. The Hall–Kier alpha value is -2.43. The zero-order chi connectivity index (χ0) is 26.4. The summed E-state index contributed by atoms with van der Waals surface area (Å²) in [5, 5.41) is 0. The molecule has 1 aromatic carbocycles. The Morgan fingerprint density at radius 2 is 1.76 bits per heavy atom. The summed E-state index contributed by atoms with van der Waals surface area (Å²) < 4.78 is 38.8. The summed E-state index contributed by atoms with van der Waals surface area (Å²) in [5.74, 6) is 2.29. The third-order valence-corrected chi connectivity index (χ3v) is 9.75. The standard InChI is InChI=1S/C27H41N5O4S/c1-21-19-24(35-4)20-22(2)26(21)37(33,34)30(3)17-18-36-27-28-11-7-25(29-27)32-15-9-23(10-16-32)8-14-31-12-5-6-13-31/h7,11,19-20,23H,5-6,8-10,12-18H2,1-4H3. The van der Waals surface area contributed by atoms with E-state index < -0.39 is 10.0 Å². The average Bonchev–Trinajstić information content (AvgIpc) is 3.41. The Bertz CT molecular complexity index is 1120. The third kappa shape index (κ3) is 6.91. The Balaban J connectivity index is 1.27. The van der Waals surface area contributed by atoms with E-state index in [2.05, 4.69) is 19.8 Å². The minimum absolute atomic E-state index is 0.159. The topological polar surface area (TPSA) is 88.1 Å². The normalized spacial score (nSPS) is 17.5. The molecule has 0 aliphatic carbocycles. The Morgan fingerprint density at radius 3 is 2.41 bits per heavy atom. The lowest BCUT2D eigenvalue weighted by Crippen LogP contribution is -2.35. The highest BCUT2D eigenvalue weighted by Crippen LogP contribution is 2.28. The molecular weight excluding hydrogens is 490 g/mol. The van der Waals surface area contributed by atoms with Crippen LogP contribution in [0.1, 0.15) is 43.2 Å². The predicted octanol–water partition coefficient (Wildman–Crippen LogP) is 3.50. The number of hydrogen-bond acceptors (Lipinski definition) is 8. The van der Waals surface area contributed by atoms with Gasteiger partial charge in [0.1, 0.15) is 18.2 Å². The van der Waals surface area contributed by atoms with Gasteiger partial charge in [0.15, 0.2) is 0 Å². The van der Waals surface area contributed by atoms with Crippen molar-refractivity contribution in [1.82, 2.24) is 19.2 Å². The van der Waals surface area contributed by atoms with Gasteiger partial charge in [-0.15, -0.1) is 0 Å². The molecule has 2 fully saturated rings. The SMILES string of the molecule is COc1cc(C)c(S(=O)(=O)N(C)CCOc2nccc(N3CCC(CCN4CCCC4)CC3)n2)c(C)c1. The minimum atomic E-state index is -3.67. The van der Waals surface area contributed by atoms with Crippen LogP contribution in [-0.4, -0.2) is 87.6 Å². The first-order valence-electron chi connectivity index (χ1n) is 13.3. The molecule has 1 aromatic heterocycles. The molecule has 10 heteroatoms. The molecule has 0 amide bonds. The fourth-order valence-electron chi connectivity index (χ4n) is 5.38. The molecule has 3 heterocycles. The smallest absolute Gasteiger partial charge is 0.318 e. The van der Waals surface area contributed by atoms with Gasteiger partial charge in [-0.05, 0) is 101 Å². The van der Waals surface area contributed by atoms with E-state index in [0.717, 1.165) is 24.8 Å². The molecule has 2 aliphatic heterocycles. The molecule has 2 aliphatic rings. The first-order chi connectivity index (χ1) is 17.8. The van der Waals surface area contributed by atoms with Gasteiger partial charge in [0.2, 0.25) is 10.0 Å². The maximum absolute atomic E-state index is 13.2. The van der Waals surface area contributed by atoms with E-state index in [1.807, 2.05) is 6.07 Å². The molecule has 0 radical (unpaired) electrons. The van der Waals surface area contributed by atoms with Crippen molar-refractivity contribution in [3.63, 3.8) is 0 Å². The zero-order valence-corrected chi connectivity index (χ0v) is 23.5. The summed E-state index contributed by atoms with van der Waals surface area (Å²) in [4.78, 5) is 14.0. The summed E-state index contributed by atoms with van der Waals surface area (Å²) in [5.41, 5.74) is 1.31. The third-order valence-electron chi connectivity index (χ3n) is 7.58. The van der Waals surface area contributed by atoms with Crippen LogP contribution in [0.25, 0.3) is 0 Å². The van der Waals surface area contributed by atoms with Crippen LogP contribution in [0.4, 0.5) is 5.82 Å². The van der Waals surface area contributed by atoms with Gasteiger partial charge in [0.25, 0.3) is 0 Å². The summed E-state index contributed by atoms with van der Waals surface area (Å²) in [6.07, 6.45) is 8.07. The second kappa shape index (κ2) is 12.4. The second-order valence-corrected chi connectivity index (χ2v) is 12.2. The lowest BCUT2D eigenvalue weighted by molar-refractivity contribution is 0.266. The fourth-order valence-corrected chi connectivity index (χ4v) is 6.93. The van der Waals surface area contributed by atoms with Crippen molar-refractivity contribution >= 4 is 15.8 Å². The van der Waals surface area contributed by atoms with Crippen LogP contribution in [0, 0.1) is 19.8 Å². The number of hydrogen-bond donors (Lipinski definition) is 0. The number of likely N-dealkylation sites (tertiary alicyclic amines) is 1. The van der Waals surface area contributed by atoms with Crippen LogP contribution in [-0.2, 0) is 10.0 Å². The maximum Gasteiger partial charge on any atom is 0.318 e. The number of likely N-dealkylation sites (N-methyl/N-ethyl adjacent to an activating group) is 1. The van der Waals surface area contributed by atoms with Crippen LogP contribution in [0.15, 0.2) is 29.3 Å². The lowest BCUT2D eigenvalue weighted by Gasteiger charge is -2.33. The average molecular weight is 532 g/mol. The van der Waals surface area contributed by atoms with E-state index in [1.54, 1.807) is 46.3 Å². The molecule has 2 aromatic rings. The van der Waals surface area contributed by atoms with E-state index in [4.69, 9.17) is 9.47 Å². The van der Waals surface area contributed by atoms with Crippen LogP contribution in [0.2, 0.25) is 0 Å². The number of aromatic nitrogens is 2. The van der Waals surface area contributed by atoms with Crippen LogP contribution >= 0.6 is 0 Å². The van der Waals surface area contributed by atoms with Crippen molar-refractivity contribution in [2.24, 2.45) is 5.92 Å². The van der Waals surface area contributed by atoms with Gasteiger partial charge in [0, 0.05) is 32.9 Å². The summed E-state index contributed by atoms with van der Waals surface area (Å²) in [7, 11) is -0.542. The molecule has 0 unspecified atom stereocenters. The number of piperidine rings is 1. The van der Waals surface area contributed by atoms with Gasteiger partial charge in [-0.3, -0.25) is 0 Å². The molecule has 0 saturated carbocycles. The van der Waals surface area contributed by atoms with Gasteiger partial charge in [-0.2, -0.15) is 9.29 Å². The molecule has 0 N–H and O–H groups in total. The van der Waals surface area contributed by atoms with Crippen molar-refractivity contribution in [2.45, 2.75) is 50.8 Å². The Morgan fingerprint density at radius 1 is 1.08 bits per heavy atom. The molecule has 0 bridgehead atoms. The Labute approximate surface area is 221 Å². The van der Waals surface area contributed by atoms with Crippen LogP contribution in [0.5, 0.6) is 11.8 Å². The molecular formula is C27H41N5O4S. The number of anilines is 1. The van der Waals surface area contributed by atoms with Crippen LogP contribution in [0.3, 0.4) is 0 Å². The number of benzene rings is 1. The van der Waals surface area contributed by atoms with Crippen molar-refractivity contribution in [3.05, 3.63) is 35.5 Å². The highest BCUT2D eigenvalue weighted by Gasteiger charge is 2.26. The van der Waals surface area contributed by atoms with Crippen molar-refractivity contribution < 1.29 is 17.9 Å². The Kier molecular flexibility index (Phi) is 9.26. The molecule has 4 rings (SSSR count). The van der Waals surface area contributed by atoms with Crippen molar-refractivity contribution in [1.29, 1.82) is 0 Å². The van der Waals surface area contributed by atoms with E-state index in [9.17, 15) is 8.42 Å². The highest BCUT2D eigenvalue weighted by atomic mass is 32.2. The van der Waals surface area contributed by atoms with E-state index in [-0.39, 0.29) is 19.2 Å². The fraction of sp³-hybridized carbons (Fsp3) is 0.630. The van der Waals surface area contributed by atoms with E-state index in [0.29, 0.717) is 21.8 Å². The quantitative estimate of drug-likeness (QED) is 0.435. The number of ether oxygens (including phenoxy) is 2.